The average molecular weight is 290 g/mol. The smallest absolute Gasteiger partial charge is 0.111 e. The first-order valence-corrected chi connectivity index (χ1v) is 8.16. The highest BCUT2D eigenvalue weighted by Crippen LogP contribution is 2.27. The summed E-state index contributed by atoms with van der Waals surface area (Å²) in [7, 11) is 0. The van der Waals surface area contributed by atoms with Gasteiger partial charge in [0.25, 0.3) is 0 Å². The second-order valence-electron chi connectivity index (χ2n) is 6.01. The Labute approximate surface area is 124 Å². The lowest BCUT2D eigenvalue weighted by atomic mass is 9.91. The van der Waals surface area contributed by atoms with Gasteiger partial charge in [0.2, 0.25) is 0 Å². The van der Waals surface area contributed by atoms with Crippen molar-refractivity contribution in [2.24, 2.45) is 0 Å². The number of hydrogen-bond donors (Lipinski definition) is 0. The molecule has 0 radical (unpaired) electrons. The molecule has 0 atom stereocenters. The molecule has 0 saturated heterocycles. The third-order valence-electron chi connectivity index (χ3n) is 4.87. The maximum Gasteiger partial charge on any atom is 0.111 e. The summed E-state index contributed by atoms with van der Waals surface area (Å²) in [6.45, 7) is 3.39. The van der Waals surface area contributed by atoms with E-state index in [9.17, 15) is 0 Å². The molecule has 106 valence electrons. The molecule has 4 heteroatoms. The van der Waals surface area contributed by atoms with Crippen LogP contribution >= 0.6 is 11.6 Å². The number of fused-ring (bicyclic) bond motifs is 3. The second-order valence-corrected chi connectivity index (χ2v) is 6.27. The third kappa shape index (κ3) is 2.04. The lowest BCUT2D eigenvalue weighted by Crippen LogP contribution is -2.41. The van der Waals surface area contributed by atoms with Crippen LogP contribution in [-0.4, -0.2) is 33.6 Å². The van der Waals surface area contributed by atoms with Gasteiger partial charge in [-0.05, 0) is 30.5 Å². The van der Waals surface area contributed by atoms with Gasteiger partial charge in [0.15, 0.2) is 0 Å². The zero-order valence-corrected chi connectivity index (χ0v) is 12.4. The first kappa shape index (κ1) is 12.7. The first-order chi connectivity index (χ1) is 9.85. The predicted octanol–water partition coefficient (Wildman–Crippen LogP) is 3.19. The number of alkyl halides is 1. The van der Waals surface area contributed by atoms with Crippen LogP contribution in [0.15, 0.2) is 18.2 Å². The van der Waals surface area contributed by atoms with Crippen LogP contribution in [-0.2, 0) is 18.8 Å². The molecule has 2 aliphatic rings. The van der Waals surface area contributed by atoms with E-state index in [-0.39, 0.29) is 0 Å². The maximum absolute atomic E-state index is 5.96. The molecule has 2 heterocycles. The number of nitrogens with zero attached hydrogens (tertiary/aromatic N) is 3. The summed E-state index contributed by atoms with van der Waals surface area (Å²) in [4.78, 5) is 7.48. The minimum atomic E-state index is 0.574. The topological polar surface area (TPSA) is 21.1 Å². The van der Waals surface area contributed by atoms with Crippen molar-refractivity contribution in [1.29, 1.82) is 0 Å². The molecule has 1 aliphatic carbocycles. The summed E-state index contributed by atoms with van der Waals surface area (Å²) >= 11 is 5.96. The molecule has 3 nitrogen and oxygen atoms in total. The summed E-state index contributed by atoms with van der Waals surface area (Å²) in [5.74, 6) is 1.82. The number of aromatic nitrogens is 2. The summed E-state index contributed by atoms with van der Waals surface area (Å²) in [6.07, 6.45) is 5.26. The number of imidazole rings is 1. The fraction of sp³-hybridized carbons (Fsp3) is 0.562. The summed E-state index contributed by atoms with van der Waals surface area (Å²) in [6, 6.07) is 7.24. The van der Waals surface area contributed by atoms with E-state index < -0.39 is 0 Å². The third-order valence-corrected chi connectivity index (χ3v) is 5.18. The minimum Gasteiger partial charge on any atom is -0.327 e. The lowest BCUT2D eigenvalue weighted by Gasteiger charge is -2.36. The highest BCUT2D eigenvalue weighted by atomic mass is 35.5. The molecule has 1 saturated carbocycles. The van der Waals surface area contributed by atoms with Crippen LogP contribution in [0.4, 0.5) is 0 Å². The predicted molar refractivity (Wildman–Crippen MR) is 82.2 cm³/mol. The Hall–Kier alpha value is -1.06. The molecule has 0 unspecified atom stereocenters. The molecular formula is C16H20ClN3. The van der Waals surface area contributed by atoms with E-state index in [0.29, 0.717) is 5.88 Å². The van der Waals surface area contributed by atoms with E-state index in [4.69, 9.17) is 16.6 Å². The summed E-state index contributed by atoms with van der Waals surface area (Å²) in [5, 5.41) is 0. The molecule has 4 rings (SSSR count). The van der Waals surface area contributed by atoms with Crippen LogP contribution in [0.25, 0.3) is 11.0 Å². The fourth-order valence-electron chi connectivity index (χ4n) is 3.44. The Bertz CT molecular complexity index is 630. The Morgan fingerprint density at radius 2 is 2.10 bits per heavy atom. The van der Waals surface area contributed by atoms with Crippen molar-refractivity contribution < 1.29 is 0 Å². The largest absolute Gasteiger partial charge is 0.327 e. The van der Waals surface area contributed by atoms with E-state index in [2.05, 4.69) is 27.7 Å². The van der Waals surface area contributed by atoms with Crippen molar-refractivity contribution in [3.8, 4) is 0 Å². The molecule has 1 aromatic carbocycles. The molecule has 1 aromatic heterocycles. The molecule has 20 heavy (non-hydrogen) atoms. The second kappa shape index (κ2) is 5.05. The van der Waals surface area contributed by atoms with Gasteiger partial charge in [0.05, 0.1) is 11.0 Å². The van der Waals surface area contributed by atoms with Gasteiger partial charge >= 0.3 is 0 Å². The Morgan fingerprint density at radius 1 is 1.20 bits per heavy atom. The van der Waals surface area contributed by atoms with Gasteiger partial charge in [-0.15, -0.1) is 11.6 Å². The van der Waals surface area contributed by atoms with Gasteiger partial charge in [-0.25, -0.2) is 4.98 Å². The molecule has 1 fully saturated rings. The summed E-state index contributed by atoms with van der Waals surface area (Å²) < 4.78 is 2.41. The monoisotopic (exact) mass is 289 g/mol. The quantitative estimate of drug-likeness (QED) is 0.792. The average Bonchev–Trinajstić information content (AvgIpc) is 2.64. The van der Waals surface area contributed by atoms with Crippen molar-refractivity contribution in [2.45, 2.75) is 44.1 Å². The van der Waals surface area contributed by atoms with Crippen molar-refractivity contribution in [2.75, 3.05) is 13.1 Å². The molecule has 2 aromatic rings. The number of benzene rings is 1. The molecule has 1 aliphatic heterocycles. The zero-order valence-electron chi connectivity index (χ0n) is 11.7. The van der Waals surface area contributed by atoms with Crippen molar-refractivity contribution in [3.63, 3.8) is 0 Å². The maximum atomic E-state index is 5.96. The molecule has 0 spiro atoms. The number of halogens is 1. The minimum absolute atomic E-state index is 0.574. The fourth-order valence-corrected chi connectivity index (χ4v) is 3.61. The van der Waals surface area contributed by atoms with E-state index in [1.165, 1.54) is 36.2 Å². The Morgan fingerprint density at radius 3 is 2.85 bits per heavy atom. The molecule has 0 bridgehead atoms. The normalized spacial score (nSPS) is 20.6. The van der Waals surface area contributed by atoms with Gasteiger partial charge in [0.1, 0.15) is 5.82 Å². The lowest BCUT2D eigenvalue weighted by molar-refractivity contribution is 0.130. The van der Waals surface area contributed by atoms with Crippen molar-refractivity contribution >= 4 is 22.6 Å². The van der Waals surface area contributed by atoms with E-state index >= 15 is 0 Å². The number of hydrogen-bond acceptors (Lipinski definition) is 2. The van der Waals surface area contributed by atoms with E-state index in [1.807, 2.05) is 0 Å². The van der Waals surface area contributed by atoms with Crippen LogP contribution < -0.4 is 0 Å². The molecule has 0 amide bonds. The molecule has 0 N–H and O–H groups in total. The van der Waals surface area contributed by atoms with E-state index in [1.54, 1.807) is 0 Å². The Balaban J connectivity index is 1.66. The van der Waals surface area contributed by atoms with Crippen LogP contribution in [0.5, 0.6) is 0 Å². The van der Waals surface area contributed by atoms with Crippen LogP contribution in [0.2, 0.25) is 0 Å². The SMILES string of the molecule is ClCc1ccc2nc3n(c2c1)CCN(C1CCC1)CC3. The highest BCUT2D eigenvalue weighted by Gasteiger charge is 2.27. The van der Waals surface area contributed by atoms with E-state index in [0.717, 1.165) is 37.6 Å². The first-order valence-electron chi connectivity index (χ1n) is 7.63. The number of rotatable bonds is 2. The van der Waals surface area contributed by atoms with Gasteiger partial charge in [-0.3, -0.25) is 4.90 Å². The van der Waals surface area contributed by atoms with Crippen LogP contribution in [0.3, 0.4) is 0 Å². The zero-order chi connectivity index (χ0) is 13.5. The van der Waals surface area contributed by atoms with Crippen molar-refractivity contribution in [3.05, 3.63) is 29.6 Å². The van der Waals surface area contributed by atoms with Gasteiger partial charge in [-0.1, -0.05) is 12.5 Å². The van der Waals surface area contributed by atoms with Gasteiger partial charge in [-0.2, -0.15) is 0 Å². The van der Waals surface area contributed by atoms with Gasteiger partial charge in [0, 0.05) is 38.0 Å². The van der Waals surface area contributed by atoms with Crippen molar-refractivity contribution in [1.82, 2.24) is 14.5 Å². The highest BCUT2D eigenvalue weighted by molar-refractivity contribution is 6.17. The van der Waals surface area contributed by atoms with Crippen LogP contribution in [0.1, 0.15) is 30.7 Å². The molecular weight excluding hydrogens is 270 g/mol. The standard InChI is InChI=1S/C16H20ClN3/c17-11-12-4-5-14-15(10-12)20-9-8-19(13-2-1-3-13)7-6-16(20)18-14/h4-5,10,13H,1-3,6-9,11H2. The van der Waals surface area contributed by atoms with Gasteiger partial charge < -0.3 is 4.57 Å². The summed E-state index contributed by atoms with van der Waals surface area (Å²) in [5.41, 5.74) is 3.56. The van der Waals surface area contributed by atoms with Crippen LogP contribution in [0, 0.1) is 0 Å². The Kier molecular flexibility index (Phi) is 3.20.